The molecule has 8 heteroatoms. The van der Waals surface area contributed by atoms with E-state index in [9.17, 15) is 19.2 Å². The van der Waals surface area contributed by atoms with E-state index < -0.39 is 41.1 Å². The Kier molecular flexibility index (Phi) is 9.90. The Labute approximate surface area is 154 Å². The third kappa shape index (κ3) is 5.19. The topological polar surface area (TPSA) is 105 Å². The second kappa shape index (κ2) is 10.8. The molecule has 0 amide bonds. The van der Waals surface area contributed by atoms with Crippen LogP contribution in [0.5, 0.6) is 0 Å². The van der Waals surface area contributed by atoms with Gasteiger partial charge < -0.3 is 18.9 Å². The number of methoxy groups -OCH3 is 2. The number of hydrogen-bond acceptors (Lipinski definition) is 8. The first-order valence-electron chi connectivity index (χ1n) is 8.73. The zero-order valence-corrected chi connectivity index (χ0v) is 16.5. The summed E-state index contributed by atoms with van der Waals surface area (Å²) in [6.07, 6.45) is -0.243. The van der Waals surface area contributed by atoms with Gasteiger partial charge in [0.15, 0.2) is 5.41 Å². The molecular weight excluding hydrogens is 344 g/mol. The summed E-state index contributed by atoms with van der Waals surface area (Å²) in [5.41, 5.74) is -3.14. The molecule has 26 heavy (non-hydrogen) atoms. The van der Waals surface area contributed by atoms with Crippen molar-refractivity contribution >= 4 is 23.9 Å². The molecule has 0 aliphatic rings. The second-order valence-electron chi connectivity index (χ2n) is 5.93. The van der Waals surface area contributed by atoms with Gasteiger partial charge in [0.1, 0.15) is 0 Å². The first-order chi connectivity index (χ1) is 12.2. The molecule has 0 aromatic rings. The van der Waals surface area contributed by atoms with Crippen LogP contribution in [0, 0.1) is 10.8 Å². The van der Waals surface area contributed by atoms with E-state index in [0.29, 0.717) is 12.8 Å². The normalized spacial score (nSPS) is 11.5. The summed E-state index contributed by atoms with van der Waals surface area (Å²) in [5, 5.41) is 0. The van der Waals surface area contributed by atoms with Crippen molar-refractivity contribution < 1.29 is 38.1 Å². The summed E-state index contributed by atoms with van der Waals surface area (Å²) < 4.78 is 19.6. The van der Waals surface area contributed by atoms with Gasteiger partial charge in [0.05, 0.1) is 39.3 Å². The Morgan fingerprint density at radius 2 is 1.19 bits per heavy atom. The minimum atomic E-state index is -1.99. The molecule has 0 unspecified atom stereocenters. The second-order valence-corrected chi connectivity index (χ2v) is 5.93. The molecule has 0 bridgehead atoms. The van der Waals surface area contributed by atoms with E-state index >= 15 is 0 Å². The van der Waals surface area contributed by atoms with Crippen molar-refractivity contribution in [2.45, 2.75) is 53.4 Å². The monoisotopic (exact) mass is 374 g/mol. The van der Waals surface area contributed by atoms with Crippen molar-refractivity contribution in [1.82, 2.24) is 0 Å². The summed E-state index contributed by atoms with van der Waals surface area (Å²) in [4.78, 5) is 49.9. The molecule has 0 aromatic carbocycles. The molecule has 150 valence electrons. The molecule has 0 spiro atoms. The molecular formula is C18H30O8. The maximum Gasteiger partial charge on any atom is 0.323 e. The number of rotatable bonds is 11. The summed E-state index contributed by atoms with van der Waals surface area (Å²) in [6, 6.07) is 0. The van der Waals surface area contributed by atoms with Gasteiger partial charge in [-0.25, -0.2) is 0 Å². The highest BCUT2D eigenvalue weighted by atomic mass is 16.6. The van der Waals surface area contributed by atoms with Crippen molar-refractivity contribution in [2.24, 2.45) is 10.8 Å². The molecule has 0 saturated heterocycles. The largest absolute Gasteiger partial charge is 0.468 e. The predicted molar refractivity (Wildman–Crippen MR) is 92.0 cm³/mol. The quantitative estimate of drug-likeness (QED) is 0.307. The van der Waals surface area contributed by atoms with E-state index in [-0.39, 0.29) is 19.6 Å². The number of carbonyl (C=O) groups excluding carboxylic acids is 4. The van der Waals surface area contributed by atoms with Crippen LogP contribution in [-0.4, -0.2) is 51.3 Å². The average Bonchev–Trinajstić information content (AvgIpc) is 2.64. The zero-order chi connectivity index (χ0) is 20.4. The van der Waals surface area contributed by atoms with Crippen molar-refractivity contribution in [3.8, 4) is 0 Å². The molecule has 0 N–H and O–H groups in total. The molecule has 0 saturated carbocycles. The SMILES string of the molecule is CCOC(=O)CC(CC(CC)(CC)C(=O)OCC)(C(=O)OC)C(=O)OC. The third-order valence-electron chi connectivity index (χ3n) is 4.61. The predicted octanol–water partition coefficient (Wildman–Crippen LogP) is 2.03. The van der Waals surface area contributed by atoms with Crippen LogP contribution in [0.1, 0.15) is 53.4 Å². The minimum Gasteiger partial charge on any atom is -0.468 e. The highest BCUT2D eigenvalue weighted by molar-refractivity contribution is 6.03. The Balaban J connectivity index is 6.24. The van der Waals surface area contributed by atoms with E-state index in [0.717, 1.165) is 14.2 Å². The van der Waals surface area contributed by atoms with Crippen LogP contribution < -0.4 is 0 Å². The number of hydrogen-bond donors (Lipinski definition) is 0. The van der Waals surface area contributed by atoms with E-state index in [1.165, 1.54) is 0 Å². The van der Waals surface area contributed by atoms with Crippen LogP contribution >= 0.6 is 0 Å². The fourth-order valence-corrected chi connectivity index (χ4v) is 3.01. The lowest BCUT2D eigenvalue weighted by molar-refractivity contribution is -0.180. The van der Waals surface area contributed by atoms with E-state index in [2.05, 4.69) is 0 Å². The van der Waals surface area contributed by atoms with Gasteiger partial charge in [-0.2, -0.15) is 0 Å². The molecule has 0 radical (unpaired) electrons. The van der Waals surface area contributed by atoms with Crippen LogP contribution in [0.3, 0.4) is 0 Å². The standard InChI is InChI=1S/C18H30O8/c1-7-17(8-2,14(20)26-10-4)12-18(15(21)23-5,16(22)24-6)11-13(19)25-9-3/h7-12H2,1-6H3. The van der Waals surface area contributed by atoms with Gasteiger partial charge in [-0.15, -0.1) is 0 Å². The maximum atomic E-state index is 12.6. The Hall–Kier alpha value is -2.12. The highest BCUT2D eigenvalue weighted by Crippen LogP contribution is 2.44. The Bertz CT molecular complexity index is 491. The van der Waals surface area contributed by atoms with Gasteiger partial charge >= 0.3 is 23.9 Å². The summed E-state index contributed by atoms with van der Waals surface area (Å²) in [6.45, 7) is 7.02. The van der Waals surface area contributed by atoms with Gasteiger partial charge in [0.2, 0.25) is 0 Å². The van der Waals surface area contributed by atoms with Gasteiger partial charge in [-0.1, -0.05) is 13.8 Å². The van der Waals surface area contributed by atoms with Gasteiger partial charge in [-0.05, 0) is 33.1 Å². The van der Waals surface area contributed by atoms with Crippen molar-refractivity contribution in [3.63, 3.8) is 0 Å². The average molecular weight is 374 g/mol. The van der Waals surface area contributed by atoms with E-state index in [1.807, 2.05) is 0 Å². The molecule has 0 aliphatic heterocycles. The summed E-state index contributed by atoms with van der Waals surface area (Å²) >= 11 is 0. The lowest BCUT2D eigenvalue weighted by atomic mass is 9.66. The van der Waals surface area contributed by atoms with Crippen LogP contribution in [0.2, 0.25) is 0 Å². The van der Waals surface area contributed by atoms with Crippen molar-refractivity contribution in [1.29, 1.82) is 0 Å². The molecule has 8 nitrogen and oxygen atoms in total. The lowest BCUT2D eigenvalue weighted by Gasteiger charge is -2.37. The number of ether oxygens (including phenoxy) is 4. The smallest absolute Gasteiger partial charge is 0.323 e. The fourth-order valence-electron chi connectivity index (χ4n) is 3.01. The molecule has 0 aromatic heterocycles. The molecule has 0 rings (SSSR count). The van der Waals surface area contributed by atoms with Gasteiger partial charge in [0, 0.05) is 0 Å². The van der Waals surface area contributed by atoms with Gasteiger partial charge in [-0.3, -0.25) is 19.2 Å². The highest BCUT2D eigenvalue weighted by Gasteiger charge is 2.56. The van der Waals surface area contributed by atoms with E-state index in [4.69, 9.17) is 18.9 Å². The fraction of sp³-hybridized carbons (Fsp3) is 0.778. The number of carbonyl (C=O) groups is 4. The maximum absolute atomic E-state index is 12.6. The Morgan fingerprint density at radius 3 is 1.54 bits per heavy atom. The third-order valence-corrected chi connectivity index (χ3v) is 4.61. The lowest BCUT2D eigenvalue weighted by Crippen LogP contribution is -2.49. The van der Waals surface area contributed by atoms with Crippen molar-refractivity contribution in [3.05, 3.63) is 0 Å². The first-order valence-corrected chi connectivity index (χ1v) is 8.73. The van der Waals surface area contributed by atoms with Crippen LogP contribution in [0.25, 0.3) is 0 Å². The van der Waals surface area contributed by atoms with Crippen LogP contribution in [0.15, 0.2) is 0 Å². The first kappa shape index (κ1) is 23.9. The van der Waals surface area contributed by atoms with Crippen LogP contribution in [0.4, 0.5) is 0 Å². The molecule has 0 aliphatic carbocycles. The minimum absolute atomic E-state index is 0.0852. The Morgan fingerprint density at radius 1 is 0.731 bits per heavy atom. The summed E-state index contributed by atoms with van der Waals surface area (Å²) in [5.74, 6) is -3.19. The number of esters is 4. The molecule has 0 heterocycles. The molecule has 0 atom stereocenters. The van der Waals surface area contributed by atoms with Gasteiger partial charge in [0.25, 0.3) is 0 Å². The zero-order valence-electron chi connectivity index (χ0n) is 16.5. The van der Waals surface area contributed by atoms with E-state index in [1.54, 1.807) is 27.7 Å². The van der Waals surface area contributed by atoms with Crippen LogP contribution in [-0.2, 0) is 38.1 Å². The summed E-state index contributed by atoms with van der Waals surface area (Å²) in [7, 11) is 2.21. The van der Waals surface area contributed by atoms with Crippen molar-refractivity contribution in [2.75, 3.05) is 27.4 Å². The molecule has 0 fully saturated rings.